The zero-order valence-corrected chi connectivity index (χ0v) is 18.3. The summed E-state index contributed by atoms with van der Waals surface area (Å²) in [5.41, 5.74) is 10.4. The number of hydrogen-bond acceptors (Lipinski definition) is 8. The van der Waals surface area contributed by atoms with Crippen molar-refractivity contribution in [2.24, 2.45) is 0 Å². The minimum Gasteiger partial charge on any atom is -0.495 e. The number of hydrogen-bond donors (Lipinski definition) is 2. The standard InChI is InChI=1S/C22H24N6O2S/c1-13-7-14-9-18(31-21(14)17(8-13)30-2)19-15(11-29)16(10-27-5-3-24-4-6-27)28-20(19)22(23)25-12-26-28/h7-9,11-12,24H,3-6,10H2,1-2H3,(H2,23,25,26). The first-order chi connectivity index (χ1) is 15.1. The number of nitrogens with zero attached hydrogens (tertiary/aromatic N) is 4. The lowest BCUT2D eigenvalue weighted by Gasteiger charge is -2.27. The van der Waals surface area contributed by atoms with Crippen LogP contribution in [0, 0.1) is 6.92 Å². The fourth-order valence-corrected chi connectivity index (χ4v) is 5.53. The van der Waals surface area contributed by atoms with E-state index in [-0.39, 0.29) is 0 Å². The molecule has 3 N–H and O–H groups in total. The van der Waals surface area contributed by atoms with Gasteiger partial charge in [-0.05, 0) is 30.0 Å². The van der Waals surface area contributed by atoms with Gasteiger partial charge in [0, 0.05) is 48.7 Å². The fraction of sp³-hybridized carbons (Fsp3) is 0.318. The summed E-state index contributed by atoms with van der Waals surface area (Å²) in [6.45, 7) is 6.36. The van der Waals surface area contributed by atoms with E-state index >= 15 is 0 Å². The quantitative estimate of drug-likeness (QED) is 0.464. The molecule has 1 fully saturated rings. The molecule has 31 heavy (non-hydrogen) atoms. The number of nitrogen functional groups attached to an aromatic ring is 1. The molecule has 0 spiro atoms. The molecule has 8 nitrogen and oxygen atoms in total. The van der Waals surface area contributed by atoms with Crippen LogP contribution in [0.2, 0.25) is 0 Å². The Bertz CT molecular complexity index is 1290. The van der Waals surface area contributed by atoms with Crippen molar-refractivity contribution in [2.45, 2.75) is 13.5 Å². The normalized spacial score (nSPS) is 15.0. The topological polar surface area (TPSA) is 97.8 Å². The Hall–Kier alpha value is -3.01. The van der Waals surface area contributed by atoms with E-state index in [2.05, 4.69) is 32.4 Å². The Kier molecular flexibility index (Phi) is 5.09. The summed E-state index contributed by atoms with van der Waals surface area (Å²) in [7, 11) is 1.68. The van der Waals surface area contributed by atoms with E-state index in [1.807, 2.05) is 13.0 Å². The van der Waals surface area contributed by atoms with E-state index in [9.17, 15) is 4.79 Å². The number of aromatic nitrogens is 3. The lowest BCUT2D eigenvalue weighted by molar-refractivity contribution is 0.112. The van der Waals surface area contributed by atoms with E-state index in [1.165, 1.54) is 6.33 Å². The fourth-order valence-electron chi connectivity index (χ4n) is 4.34. The van der Waals surface area contributed by atoms with Crippen LogP contribution in [0.4, 0.5) is 5.82 Å². The van der Waals surface area contributed by atoms with Crippen LogP contribution < -0.4 is 15.8 Å². The second-order valence-corrected chi connectivity index (χ2v) is 8.83. The van der Waals surface area contributed by atoms with Gasteiger partial charge in [-0.25, -0.2) is 9.50 Å². The molecule has 3 aromatic heterocycles. The number of benzene rings is 1. The molecule has 4 aromatic rings. The minimum absolute atomic E-state index is 0.361. The maximum absolute atomic E-state index is 12.4. The molecule has 9 heteroatoms. The van der Waals surface area contributed by atoms with Gasteiger partial charge in [0.25, 0.3) is 0 Å². The number of nitrogens with one attached hydrogen (secondary N) is 1. The highest BCUT2D eigenvalue weighted by atomic mass is 32.1. The third-order valence-corrected chi connectivity index (χ3v) is 6.97. The largest absolute Gasteiger partial charge is 0.495 e. The van der Waals surface area contributed by atoms with Crippen LogP contribution in [0.1, 0.15) is 21.6 Å². The van der Waals surface area contributed by atoms with Crippen molar-refractivity contribution in [3.63, 3.8) is 0 Å². The molecule has 0 amide bonds. The molecule has 1 aliphatic rings. The van der Waals surface area contributed by atoms with Gasteiger partial charge >= 0.3 is 0 Å². The summed E-state index contributed by atoms with van der Waals surface area (Å²) in [4.78, 5) is 19.9. The highest BCUT2D eigenvalue weighted by molar-refractivity contribution is 7.22. The van der Waals surface area contributed by atoms with Crippen LogP contribution in [0.15, 0.2) is 24.5 Å². The van der Waals surface area contributed by atoms with Crippen molar-refractivity contribution < 1.29 is 9.53 Å². The number of aryl methyl sites for hydroxylation is 1. The van der Waals surface area contributed by atoms with E-state index in [0.717, 1.165) is 70.0 Å². The Labute approximate surface area is 183 Å². The molecule has 0 saturated carbocycles. The van der Waals surface area contributed by atoms with E-state index < -0.39 is 0 Å². The number of fused-ring (bicyclic) bond motifs is 2. The summed E-state index contributed by atoms with van der Waals surface area (Å²) in [5.74, 6) is 1.19. The van der Waals surface area contributed by atoms with Gasteiger partial charge in [0.1, 0.15) is 17.6 Å². The van der Waals surface area contributed by atoms with Crippen LogP contribution in [-0.2, 0) is 6.54 Å². The Morgan fingerprint density at radius 3 is 2.84 bits per heavy atom. The van der Waals surface area contributed by atoms with Crippen molar-refractivity contribution in [2.75, 3.05) is 39.0 Å². The van der Waals surface area contributed by atoms with Crippen LogP contribution in [0.3, 0.4) is 0 Å². The zero-order chi connectivity index (χ0) is 21.5. The van der Waals surface area contributed by atoms with Crippen molar-refractivity contribution >= 4 is 39.0 Å². The van der Waals surface area contributed by atoms with Crippen LogP contribution in [0.25, 0.3) is 26.0 Å². The number of methoxy groups -OCH3 is 1. The Morgan fingerprint density at radius 1 is 1.29 bits per heavy atom. The monoisotopic (exact) mass is 436 g/mol. The van der Waals surface area contributed by atoms with E-state index in [1.54, 1.807) is 23.0 Å². The highest BCUT2D eigenvalue weighted by Gasteiger charge is 2.26. The molecule has 0 aliphatic carbocycles. The number of anilines is 1. The SMILES string of the molecule is COc1cc(C)cc2cc(-c3c(C=O)c(CN4CCNCC4)n4ncnc(N)c34)sc12. The average Bonchev–Trinajstić information content (AvgIpc) is 3.33. The van der Waals surface area contributed by atoms with Crippen molar-refractivity contribution in [3.8, 4) is 16.2 Å². The van der Waals surface area contributed by atoms with Gasteiger partial charge in [-0.3, -0.25) is 9.69 Å². The van der Waals surface area contributed by atoms with Gasteiger partial charge in [0.2, 0.25) is 0 Å². The molecular formula is C22H24N6O2S. The lowest BCUT2D eigenvalue weighted by Crippen LogP contribution is -2.43. The summed E-state index contributed by atoms with van der Waals surface area (Å²) in [6.07, 6.45) is 2.37. The molecule has 0 radical (unpaired) electrons. The Balaban J connectivity index is 1.75. The molecule has 0 bridgehead atoms. The molecule has 1 aromatic carbocycles. The first kappa shape index (κ1) is 19.9. The molecular weight excluding hydrogens is 412 g/mol. The van der Waals surface area contributed by atoms with Crippen molar-refractivity contribution in [1.29, 1.82) is 0 Å². The first-order valence-electron chi connectivity index (χ1n) is 10.2. The molecule has 1 saturated heterocycles. The summed E-state index contributed by atoms with van der Waals surface area (Å²) in [6, 6.07) is 6.24. The van der Waals surface area contributed by atoms with Gasteiger partial charge < -0.3 is 15.8 Å². The molecule has 5 rings (SSSR count). The van der Waals surface area contributed by atoms with Crippen LogP contribution in [0.5, 0.6) is 5.75 Å². The third-order valence-electron chi connectivity index (χ3n) is 5.78. The summed E-state index contributed by atoms with van der Waals surface area (Å²) >= 11 is 1.59. The maximum atomic E-state index is 12.4. The van der Waals surface area contributed by atoms with Crippen molar-refractivity contribution in [1.82, 2.24) is 24.8 Å². The third kappa shape index (κ3) is 3.34. The first-order valence-corrected chi connectivity index (χ1v) is 11.0. The number of aldehydes is 1. The predicted molar refractivity (Wildman–Crippen MR) is 123 cm³/mol. The van der Waals surface area contributed by atoms with Crippen LogP contribution >= 0.6 is 11.3 Å². The molecule has 4 heterocycles. The second-order valence-electron chi connectivity index (χ2n) is 7.78. The number of thiophene rings is 1. The van der Waals surface area contributed by atoms with E-state index in [4.69, 9.17) is 10.5 Å². The summed E-state index contributed by atoms with van der Waals surface area (Å²) in [5, 5.41) is 8.91. The van der Waals surface area contributed by atoms with Crippen LogP contribution in [-0.4, -0.2) is 59.1 Å². The average molecular weight is 437 g/mol. The number of rotatable bonds is 5. The number of nitrogens with two attached hydrogens (primary N) is 1. The molecule has 0 unspecified atom stereocenters. The maximum Gasteiger partial charge on any atom is 0.152 e. The summed E-state index contributed by atoms with van der Waals surface area (Å²) < 4.78 is 8.43. The Morgan fingerprint density at radius 2 is 2.10 bits per heavy atom. The molecule has 160 valence electrons. The molecule has 0 atom stereocenters. The number of carbonyl (C=O) groups excluding carboxylic acids is 1. The van der Waals surface area contributed by atoms with Crippen molar-refractivity contribution in [3.05, 3.63) is 41.3 Å². The van der Waals surface area contributed by atoms with Gasteiger partial charge in [-0.15, -0.1) is 11.3 Å². The lowest BCUT2D eigenvalue weighted by atomic mass is 10.1. The van der Waals surface area contributed by atoms with E-state index in [0.29, 0.717) is 23.4 Å². The smallest absolute Gasteiger partial charge is 0.152 e. The number of carbonyl (C=O) groups is 1. The highest BCUT2D eigenvalue weighted by Crippen LogP contribution is 2.43. The van der Waals surface area contributed by atoms with Gasteiger partial charge in [0.05, 0.1) is 17.5 Å². The number of piperazine rings is 1. The van der Waals surface area contributed by atoms with Gasteiger partial charge in [-0.1, -0.05) is 6.07 Å². The minimum atomic E-state index is 0.361. The van der Waals surface area contributed by atoms with Gasteiger partial charge in [-0.2, -0.15) is 5.10 Å². The van der Waals surface area contributed by atoms with Gasteiger partial charge in [0.15, 0.2) is 12.1 Å². The second kappa shape index (κ2) is 7.92. The zero-order valence-electron chi connectivity index (χ0n) is 17.5. The number of ether oxygens (including phenoxy) is 1. The molecule has 1 aliphatic heterocycles. The predicted octanol–water partition coefficient (Wildman–Crippen LogP) is 2.73.